The fourth-order valence-electron chi connectivity index (χ4n) is 2.47. The van der Waals surface area contributed by atoms with E-state index in [4.69, 9.17) is 0 Å². The van der Waals surface area contributed by atoms with Gasteiger partial charge in [0.2, 0.25) is 0 Å². The first kappa shape index (κ1) is 13.3. The van der Waals surface area contributed by atoms with Crippen LogP contribution >= 0.6 is 0 Å². The summed E-state index contributed by atoms with van der Waals surface area (Å²) in [6, 6.07) is 4.81. The lowest BCUT2D eigenvalue weighted by molar-refractivity contribution is 0.446. The summed E-state index contributed by atoms with van der Waals surface area (Å²) in [5, 5.41) is 12.1. The number of likely N-dealkylation sites (N-methyl/N-ethyl adjacent to an activating group) is 1. The molecule has 0 aliphatic carbocycles. The fourth-order valence-corrected chi connectivity index (χ4v) is 2.47. The summed E-state index contributed by atoms with van der Waals surface area (Å²) in [7, 11) is 2.03. The monoisotopic (exact) mass is 248 g/mol. The molecule has 1 N–H and O–H groups in total. The van der Waals surface area contributed by atoms with Gasteiger partial charge in [-0.15, -0.1) is 5.10 Å². The quantitative estimate of drug-likeness (QED) is 0.883. The molecule has 1 atom stereocenters. The Morgan fingerprint density at radius 3 is 2.83 bits per heavy atom. The molecule has 2 rings (SSSR count). The maximum absolute atomic E-state index is 4.37. The predicted molar refractivity (Wildman–Crippen MR) is 74.9 cm³/mol. The minimum absolute atomic E-state index is 0.580. The molecule has 18 heavy (non-hydrogen) atoms. The summed E-state index contributed by atoms with van der Waals surface area (Å²) in [4.78, 5) is 2.33. The number of hydrogen-bond acceptors (Lipinski definition) is 4. The van der Waals surface area contributed by atoms with Gasteiger partial charge in [-0.2, -0.15) is 5.10 Å². The lowest BCUT2D eigenvalue weighted by Gasteiger charge is -2.33. The Bertz CT molecular complexity index is 361. The molecule has 1 aromatic rings. The van der Waals surface area contributed by atoms with Crippen molar-refractivity contribution in [2.45, 2.75) is 39.2 Å². The largest absolute Gasteiger partial charge is 0.354 e. The first-order chi connectivity index (χ1) is 8.69. The van der Waals surface area contributed by atoms with Crippen molar-refractivity contribution >= 4 is 5.82 Å². The molecule has 0 aromatic carbocycles. The molecule has 1 aliphatic rings. The molecule has 2 heterocycles. The Hall–Kier alpha value is -1.16. The molecule has 100 valence electrons. The van der Waals surface area contributed by atoms with E-state index in [2.05, 4.69) is 46.4 Å². The average Bonchev–Trinajstić information content (AvgIpc) is 2.39. The van der Waals surface area contributed by atoms with Crippen molar-refractivity contribution in [2.24, 2.45) is 5.92 Å². The first-order valence-electron chi connectivity index (χ1n) is 6.94. The third kappa shape index (κ3) is 3.42. The molecule has 0 bridgehead atoms. The highest BCUT2D eigenvalue weighted by atomic mass is 15.3. The van der Waals surface area contributed by atoms with Crippen molar-refractivity contribution in [3.05, 3.63) is 17.8 Å². The van der Waals surface area contributed by atoms with Gasteiger partial charge in [0.1, 0.15) is 0 Å². The van der Waals surface area contributed by atoms with Crippen LogP contribution in [0.2, 0.25) is 0 Å². The minimum atomic E-state index is 0.580. The summed E-state index contributed by atoms with van der Waals surface area (Å²) in [5.41, 5.74) is 1.09. The molecule has 1 aliphatic heterocycles. The summed E-state index contributed by atoms with van der Waals surface area (Å²) in [6.07, 6.45) is 3.49. The molecule has 0 saturated carbocycles. The number of rotatable bonds is 4. The molecule has 1 fully saturated rings. The van der Waals surface area contributed by atoms with Crippen LogP contribution in [0.3, 0.4) is 0 Å². The number of nitrogens with zero attached hydrogens (tertiary/aromatic N) is 3. The summed E-state index contributed by atoms with van der Waals surface area (Å²) >= 11 is 0. The van der Waals surface area contributed by atoms with E-state index in [-0.39, 0.29) is 0 Å². The Morgan fingerprint density at radius 2 is 2.22 bits per heavy atom. The van der Waals surface area contributed by atoms with Crippen LogP contribution in [0, 0.1) is 5.92 Å². The van der Waals surface area contributed by atoms with E-state index in [0.717, 1.165) is 31.0 Å². The van der Waals surface area contributed by atoms with Crippen molar-refractivity contribution < 1.29 is 0 Å². The second-order valence-corrected chi connectivity index (χ2v) is 5.55. The van der Waals surface area contributed by atoms with Crippen molar-refractivity contribution in [1.82, 2.24) is 15.5 Å². The number of anilines is 1. The van der Waals surface area contributed by atoms with E-state index >= 15 is 0 Å². The topological polar surface area (TPSA) is 41.0 Å². The summed E-state index contributed by atoms with van der Waals surface area (Å²) < 4.78 is 0. The average molecular weight is 248 g/mol. The standard InChI is InChI=1S/C14H24N4/c1-11(2)9-12-6-7-14(17-16-12)18-8-4-5-13(10-18)15-3/h6-7,11,13,15H,4-5,8-10H2,1-3H3. The van der Waals surface area contributed by atoms with E-state index in [0.29, 0.717) is 12.0 Å². The van der Waals surface area contributed by atoms with Crippen LogP contribution < -0.4 is 10.2 Å². The van der Waals surface area contributed by atoms with E-state index in [1.54, 1.807) is 0 Å². The number of nitrogens with one attached hydrogen (secondary N) is 1. The van der Waals surface area contributed by atoms with Gasteiger partial charge in [-0.25, -0.2) is 0 Å². The Morgan fingerprint density at radius 1 is 1.39 bits per heavy atom. The zero-order chi connectivity index (χ0) is 13.0. The molecule has 0 radical (unpaired) electrons. The molecular formula is C14H24N4. The number of aromatic nitrogens is 2. The van der Waals surface area contributed by atoms with Crippen LogP contribution in [0.4, 0.5) is 5.82 Å². The van der Waals surface area contributed by atoms with Gasteiger partial charge in [0.15, 0.2) is 5.82 Å². The predicted octanol–water partition coefficient (Wildman–Crippen LogP) is 1.86. The summed E-state index contributed by atoms with van der Waals surface area (Å²) in [5.74, 6) is 1.65. The van der Waals surface area contributed by atoms with Crippen LogP contribution in [0.1, 0.15) is 32.4 Å². The molecule has 1 saturated heterocycles. The van der Waals surface area contributed by atoms with Gasteiger partial charge in [0.05, 0.1) is 5.69 Å². The third-order valence-corrected chi connectivity index (χ3v) is 3.48. The van der Waals surface area contributed by atoms with Gasteiger partial charge < -0.3 is 10.2 Å². The molecule has 1 unspecified atom stereocenters. The molecule has 0 spiro atoms. The second kappa shape index (κ2) is 6.14. The van der Waals surface area contributed by atoms with Gasteiger partial charge in [0.25, 0.3) is 0 Å². The van der Waals surface area contributed by atoms with Crippen LogP contribution in [0.15, 0.2) is 12.1 Å². The smallest absolute Gasteiger partial charge is 0.151 e. The minimum Gasteiger partial charge on any atom is -0.354 e. The highest BCUT2D eigenvalue weighted by molar-refractivity contribution is 5.38. The normalized spacial score (nSPS) is 20.4. The van der Waals surface area contributed by atoms with Gasteiger partial charge in [0, 0.05) is 19.1 Å². The molecule has 0 amide bonds. The number of piperidine rings is 1. The van der Waals surface area contributed by atoms with Gasteiger partial charge >= 0.3 is 0 Å². The van der Waals surface area contributed by atoms with Crippen LogP contribution in [-0.4, -0.2) is 36.4 Å². The fraction of sp³-hybridized carbons (Fsp3) is 0.714. The van der Waals surface area contributed by atoms with E-state index in [1.165, 1.54) is 12.8 Å². The maximum Gasteiger partial charge on any atom is 0.151 e. The van der Waals surface area contributed by atoms with Crippen molar-refractivity contribution in [2.75, 3.05) is 25.0 Å². The molecule has 1 aromatic heterocycles. The van der Waals surface area contributed by atoms with E-state index in [1.807, 2.05) is 7.05 Å². The van der Waals surface area contributed by atoms with Gasteiger partial charge in [-0.05, 0) is 44.4 Å². The Labute approximate surface area is 110 Å². The first-order valence-corrected chi connectivity index (χ1v) is 6.94. The van der Waals surface area contributed by atoms with Crippen molar-refractivity contribution in [3.63, 3.8) is 0 Å². The zero-order valence-corrected chi connectivity index (χ0v) is 11.7. The highest BCUT2D eigenvalue weighted by Gasteiger charge is 2.19. The van der Waals surface area contributed by atoms with Crippen molar-refractivity contribution in [1.29, 1.82) is 0 Å². The lowest BCUT2D eigenvalue weighted by atomic mass is 10.1. The Balaban J connectivity index is 2.00. The molecule has 4 nitrogen and oxygen atoms in total. The maximum atomic E-state index is 4.37. The third-order valence-electron chi connectivity index (χ3n) is 3.48. The number of hydrogen-bond donors (Lipinski definition) is 1. The Kier molecular flexibility index (Phi) is 4.53. The molecule has 4 heteroatoms. The lowest BCUT2D eigenvalue weighted by Crippen LogP contribution is -2.44. The van der Waals surface area contributed by atoms with Gasteiger partial charge in [-0.1, -0.05) is 13.8 Å². The highest BCUT2D eigenvalue weighted by Crippen LogP contribution is 2.17. The van der Waals surface area contributed by atoms with Crippen LogP contribution in [0.5, 0.6) is 0 Å². The SMILES string of the molecule is CNC1CCCN(c2ccc(CC(C)C)nn2)C1. The van der Waals surface area contributed by atoms with E-state index in [9.17, 15) is 0 Å². The van der Waals surface area contributed by atoms with Crippen LogP contribution in [0.25, 0.3) is 0 Å². The van der Waals surface area contributed by atoms with Crippen molar-refractivity contribution in [3.8, 4) is 0 Å². The van der Waals surface area contributed by atoms with Gasteiger partial charge in [-0.3, -0.25) is 0 Å². The van der Waals surface area contributed by atoms with Crippen LogP contribution in [-0.2, 0) is 6.42 Å². The van der Waals surface area contributed by atoms with E-state index < -0.39 is 0 Å². The second-order valence-electron chi connectivity index (χ2n) is 5.55. The summed E-state index contributed by atoms with van der Waals surface area (Å²) in [6.45, 7) is 6.54. The zero-order valence-electron chi connectivity index (χ0n) is 11.7. The molecular weight excluding hydrogens is 224 g/mol.